The van der Waals surface area contributed by atoms with Gasteiger partial charge in [0.05, 0.1) is 34.6 Å². The number of hydrogen-bond donors (Lipinski definition) is 1. The predicted octanol–water partition coefficient (Wildman–Crippen LogP) is 6.48. The zero-order chi connectivity index (χ0) is 28.4. The highest BCUT2D eigenvalue weighted by molar-refractivity contribution is 6.05. The molecule has 2 aromatic heterocycles. The molecule has 0 fully saturated rings. The Morgan fingerprint density at radius 3 is 2.50 bits per heavy atom. The zero-order valence-electron chi connectivity index (χ0n) is 21.3. The number of alkyl halides is 3. The van der Waals surface area contributed by atoms with E-state index in [0.29, 0.717) is 11.3 Å². The van der Waals surface area contributed by atoms with Crippen molar-refractivity contribution in [2.24, 2.45) is 4.99 Å². The smallest absolute Gasteiger partial charge is 0.322 e. The van der Waals surface area contributed by atoms with Crippen molar-refractivity contribution in [2.45, 2.75) is 26.4 Å². The Balaban J connectivity index is 1.37. The normalized spacial score (nSPS) is 12.8. The van der Waals surface area contributed by atoms with Crippen LogP contribution in [0.2, 0.25) is 0 Å². The van der Waals surface area contributed by atoms with Crippen molar-refractivity contribution < 1.29 is 22.4 Å². The molecule has 4 aromatic rings. The Morgan fingerprint density at radius 1 is 1.02 bits per heavy atom. The number of aliphatic imine (C=N–C) groups is 1. The average molecular weight is 544 g/mol. The molecule has 0 unspecified atom stereocenters. The van der Waals surface area contributed by atoms with E-state index in [1.165, 1.54) is 29.1 Å². The molecule has 0 radical (unpaired) electrons. The molecule has 0 saturated carbocycles. The van der Waals surface area contributed by atoms with E-state index in [9.17, 15) is 22.4 Å². The lowest BCUT2D eigenvalue weighted by molar-refractivity contribution is -0.137. The van der Waals surface area contributed by atoms with Crippen LogP contribution in [-0.4, -0.2) is 26.2 Å². The van der Waals surface area contributed by atoms with Crippen LogP contribution in [0.3, 0.4) is 0 Å². The van der Waals surface area contributed by atoms with Gasteiger partial charge >= 0.3 is 6.18 Å². The second-order valence-corrected chi connectivity index (χ2v) is 9.25. The number of halogens is 4. The summed E-state index contributed by atoms with van der Waals surface area (Å²) in [5, 5.41) is 2.53. The van der Waals surface area contributed by atoms with Crippen LogP contribution in [0, 0.1) is 24.6 Å². The van der Waals surface area contributed by atoms with Crippen molar-refractivity contribution in [3.63, 3.8) is 0 Å². The number of hydrogen-bond acceptors (Lipinski definition) is 4. The Labute approximate surface area is 227 Å². The van der Waals surface area contributed by atoms with Gasteiger partial charge in [-0.1, -0.05) is 11.8 Å². The molecule has 0 aliphatic carbocycles. The van der Waals surface area contributed by atoms with E-state index in [4.69, 9.17) is 0 Å². The maximum Gasteiger partial charge on any atom is 0.416 e. The minimum Gasteiger partial charge on any atom is -0.322 e. The first-order valence-corrected chi connectivity index (χ1v) is 12.1. The van der Waals surface area contributed by atoms with Crippen molar-refractivity contribution in [2.75, 3.05) is 5.32 Å². The summed E-state index contributed by atoms with van der Waals surface area (Å²) in [6.07, 6.45) is 2.33. The predicted molar refractivity (Wildman–Crippen MR) is 143 cm³/mol. The van der Waals surface area contributed by atoms with Gasteiger partial charge in [0.1, 0.15) is 5.82 Å². The van der Waals surface area contributed by atoms with E-state index in [1.807, 2.05) is 6.92 Å². The monoisotopic (exact) mass is 543 g/mol. The molecule has 0 bridgehead atoms. The third-order valence-electron chi connectivity index (χ3n) is 6.03. The van der Waals surface area contributed by atoms with Crippen LogP contribution in [0.25, 0.3) is 5.69 Å². The largest absolute Gasteiger partial charge is 0.416 e. The van der Waals surface area contributed by atoms with E-state index < -0.39 is 23.5 Å². The second kappa shape index (κ2) is 10.6. The van der Waals surface area contributed by atoms with E-state index >= 15 is 0 Å². The van der Waals surface area contributed by atoms with Crippen LogP contribution < -0.4 is 5.32 Å². The summed E-state index contributed by atoms with van der Waals surface area (Å²) >= 11 is 0. The summed E-state index contributed by atoms with van der Waals surface area (Å²) in [7, 11) is 0. The van der Waals surface area contributed by atoms with Crippen molar-refractivity contribution in [1.82, 2.24) is 14.5 Å². The van der Waals surface area contributed by atoms with E-state index in [0.717, 1.165) is 41.6 Å². The Bertz CT molecular complexity index is 1740. The maximum atomic E-state index is 14.5. The number of aryl methyl sites for hydroxylation is 1. The highest BCUT2D eigenvalue weighted by atomic mass is 19.4. The van der Waals surface area contributed by atoms with Crippen LogP contribution in [0.1, 0.15) is 51.8 Å². The number of rotatable bonds is 4. The fraction of sp³-hybridized carbons (Fsp3) is 0.133. The summed E-state index contributed by atoms with van der Waals surface area (Å²) in [5.41, 5.74) is 2.97. The molecular formula is C30H21F4N5O. The molecular weight excluding hydrogens is 522 g/mol. The number of aromatic nitrogens is 3. The van der Waals surface area contributed by atoms with Crippen LogP contribution in [0.4, 0.5) is 23.2 Å². The topological polar surface area (TPSA) is 72.2 Å². The Hall–Kier alpha value is -5.04. The molecule has 2 aromatic carbocycles. The molecule has 0 spiro atoms. The average Bonchev–Trinajstić information content (AvgIpc) is 3.56. The molecule has 3 heterocycles. The molecule has 6 nitrogen and oxygen atoms in total. The van der Waals surface area contributed by atoms with Gasteiger partial charge in [0.2, 0.25) is 0 Å². The van der Waals surface area contributed by atoms with Gasteiger partial charge in [0.25, 0.3) is 5.91 Å². The number of amides is 1. The Morgan fingerprint density at radius 2 is 1.85 bits per heavy atom. The number of nitrogens with zero attached hydrogens (tertiary/aromatic N) is 4. The first-order valence-electron chi connectivity index (χ1n) is 12.1. The number of anilines is 1. The summed E-state index contributed by atoms with van der Waals surface area (Å²) in [6, 6.07) is 10.3. The summed E-state index contributed by atoms with van der Waals surface area (Å²) in [4.78, 5) is 25.7. The third-order valence-corrected chi connectivity index (χ3v) is 6.03. The van der Waals surface area contributed by atoms with Gasteiger partial charge in [0.15, 0.2) is 0 Å². The van der Waals surface area contributed by atoms with Crippen molar-refractivity contribution >= 4 is 17.3 Å². The van der Waals surface area contributed by atoms with Crippen molar-refractivity contribution in [1.29, 1.82) is 0 Å². The van der Waals surface area contributed by atoms with Gasteiger partial charge in [-0.25, -0.2) is 9.37 Å². The number of carbonyl (C=O) groups is 1. The third kappa shape index (κ3) is 5.99. The standard InChI is InChI=1S/C30H21F4N5O/c1-18-9-28(35-14-18)27-8-4-20(15-36-27)3-5-21-11-24(6-7-26(21)31)38-29(40)22-10-23(30(32,33)34)13-25(12-22)39-16-19(2)37-17-39/h4,6-8,10-17H,9H2,1-2H3,(H,38,40). The molecule has 0 saturated heterocycles. The first kappa shape index (κ1) is 26.6. The summed E-state index contributed by atoms with van der Waals surface area (Å²) in [6.45, 7) is 3.68. The van der Waals surface area contributed by atoms with Gasteiger partial charge < -0.3 is 9.88 Å². The van der Waals surface area contributed by atoms with Crippen molar-refractivity contribution in [3.05, 3.63) is 118 Å². The first-order chi connectivity index (χ1) is 19.0. The number of pyridine rings is 1. The molecule has 0 atom stereocenters. The molecule has 200 valence electrons. The molecule has 1 amide bonds. The van der Waals surface area contributed by atoms with Gasteiger partial charge in [-0.2, -0.15) is 13.2 Å². The Kier molecular flexibility index (Phi) is 7.05. The number of allylic oxidation sites excluding steroid dienone is 1. The summed E-state index contributed by atoms with van der Waals surface area (Å²) in [5.74, 6) is 4.15. The molecule has 5 rings (SSSR count). The van der Waals surface area contributed by atoms with Crippen LogP contribution in [0.5, 0.6) is 0 Å². The minimum absolute atomic E-state index is 0.000455. The number of imidazole rings is 1. The van der Waals surface area contributed by atoms with Crippen LogP contribution in [0.15, 0.2) is 84.0 Å². The SMILES string of the molecule is CC1=CN=C(c2ccc(C#Cc3cc(NC(=O)c4cc(-n5cnc(C)c5)cc(C(F)(F)F)c4)ccc3F)cn2)C1. The fourth-order valence-corrected chi connectivity index (χ4v) is 4.00. The number of benzene rings is 2. The second-order valence-electron chi connectivity index (χ2n) is 9.25. The molecule has 10 heteroatoms. The van der Waals surface area contributed by atoms with Crippen LogP contribution >= 0.6 is 0 Å². The quantitative estimate of drug-likeness (QED) is 0.237. The van der Waals surface area contributed by atoms with Crippen molar-refractivity contribution in [3.8, 4) is 17.5 Å². The molecule has 1 aliphatic rings. The number of carbonyl (C=O) groups excluding carboxylic acids is 1. The van der Waals surface area contributed by atoms with E-state index in [2.05, 4.69) is 32.1 Å². The van der Waals surface area contributed by atoms with E-state index in [1.54, 1.807) is 37.7 Å². The molecule has 1 aliphatic heterocycles. The van der Waals surface area contributed by atoms with Gasteiger partial charge in [0, 0.05) is 47.5 Å². The molecule has 1 N–H and O–H groups in total. The van der Waals surface area contributed by atoms with Gasteiger partial charge in [-0.05, 0) is 68.0 Å². The minimum atomic E-state index is -4.67. The van der Waals surface area contributed by atoms with Crippen LogP contribution in [-0.2, 0) is 6.18 Å². The fourth-order valence-electron chi connectivity index (χ4n) is 4.00. The highest BCUT2D eigenvalue weighted by Gasteiger charge is 2.32. The number of nitrogens with one attached hydrogen (secondary N) is 1. The van der Waals surface area contributed by atoms with Gasteiger partial charge in [-0.3, -0.25) is 14.8 Å². The summed E-state index contributed by atoms with van der Waals surface area (Å²) < 4.78 is 56.6. The zero-order valence-corrected chi connectivity index (χ0v) is 21.3. The highest BCUT2D eigenvalue weighted by Crippen LogP contribution is 2.32. The lowest BCUT2D eigenvalue weighted by Crippen LogP contribution is -2.15. The van der Waals surface area contributed by atoms with Gasteiger partial charge in [-0.15, -0.1) is 0 Å². The molecule has 40 heavy (non-hydrogen) atoms. The maximum absolute atomic E-state index is 14.5. The lowest BCUT2D eigenvalue weighted by Gasteiger charge is -2.13. The lowest BCUT2D eigenvalue weighted by atomic mass is 10.1. The van der Waals surface area contributed by atoms with E-state index in [-0.39, 0.29) is 22.5 Å².